The van der Waals surface area contributed by atoms with Crippen molar-refractivity contribution < 1.29 is 189 Å². The second-order valence-electron chi connectivity index (χ2n) is 2.42. The minimum Gasteiger partial charge on any atom is -0.550 e. The van der Waals surface area contributed by atoms with Crippen LogP contribution < -0.4 is 169 Å². The summed E-state index contributed by atoms with van der Waals surface area (Å²) in [6, 6.07) is 0. The van der Waals surface area contributed by atoms with Gasteiger partial charge in [-0.3, -0.25) is 0 Å². The number of aliphatic hydroxyl groups is 1. The first-order valence-electron chi connectivity index (χ1n) is 3.11. The van der Waals surface area contributed by atoms with E-state index in [4.69, 9.17) is 5.11 Å². The summed E-state index contributed by atoms with van der Waals surface area (Å²) in [5, 5.41) is 38.9. The predicted octanol–water partition coefficient (Wildman–Crippen LogP) is -14.6. The SMILES string of the molecule is O=C([O-])CC(O)(CC(=O)[O-])C(=O)[O-].[Bi+3].[K+].[K+].[K+]. The van der Waals surface area contributed by atoms with E-state index < -0.39 is 36.4 Å². The summed E-state index contributed by atoms with van der Waals surface area (Å²) in [7, 11) is 0. The van der Waals surface area contributed by atoms with Gasteiger partial charge in [-0.1, -0.05) is 0 Å². The maximum Gasteiger partial charge on any atom is 3.00 e. The standard InChI is InChI=1S/C6H8O7.Bi.3K/c7-3(8)1-6(13,5(11)12)2-4(9)10;;;;/h13H,1-2H2,(H,7,8)(H,9,10)(H,11,12);;;;/q;+3;3*+1/p-3. The number of rotatable bonds is 5. The van der Waals surface area contributed by atoms with Crippen LogP contribution in [0.3, 0.4) is 0 Å². The molecule has 11 heteroatoms. The zero-order valence-corrected chi connectivity index (χ0v) is 22.6. The van der Waals surface area contributed by atoms with E-state index in [-0.39, 0.29) is 180 Å². The molecule has 0 aromatic heterocycles. The van der Waals surface area contributed by atoms with Gasteiger partial charge in [0.15, 0.2) is 0 Å². The summed E-state index contributed by atoms with van der Waals surface area (Å²) in [5.74, 6) is -5.98. The zero-order chi connectivity index (χ0) is 10.6. The molecule has 0 fully saturated rings. The number of hydrogen-bond acceptors (Lipinski definition) is 7. The Morgan fingerprint density at radius 2 is 1.12 bits per heavy atom. The second-order valence-corrected chi connectivity index (χ2v) is 2.42. The molecule has 7 nitrogen and oxygen atoms in total. The Labute approximate surface area is 244 Å². The van der Waals surface area contributed by atoms with Crippen molar-refractivity contribution in [1.82, 2.24) is 0 Å². The van der Waals surface area contributed by atoms with Crippen LogP contribution in [0.2, 0.25) is 0 Å². The monoisotopic (exact) mass is 515 g/mol. The first-order valence-corrected chi connectivity index (χ1v) is 3.11. The molecule has 0 aliphatic rings. The molecular formula is C6H5BiK3O7+3. The molecule has 0 atom stereocenters. The first-order chi connectivity index (χ1) is 5.78. The Balaban J connectivity index is -0.000000120. The normalized spacial score (nSPS) is 8.29. The van der Waals surface area contributed by atoms with Gasteiger partial charge < -0.3 is 34.8 Å². The third-order valence-electron chi connectivity index (χ3n) is 1.25. The Kier molecular flexibility index (Phi) is 32.0. The molecule has 0 aliphatic carbocycles. The van der Waals surface area contributed by atoms with Gasteiger partial charge >= 0.3 is 180 Å². The van der Waals surface area contributed by atoms with Gasteiger partial charge in [-0.15, -0.1) is 0 Å². The van der Waals surface area contributed by atoms with Crippen LogP contribution in [-0.2, 0) is 14.4 Å². The number of carbonyl (C=O) groups excluding carboxylic acids is 3. The minimum absolute atomic E-state index is 0. The summed E-state index contributed by atoms with van der Waals surface area (Å²) < 4.78 is 0. The van der Waals surface area contributed by atoms with Crippen molar-refractivity contribution in [2.24, 2.45) is 0 Å². The van der Waals surface area contributed by atoms with Crippen LogP contribution in [-0.4, -0.2) is 54.8 Å². The summed E-state index contributed by atoms with van der Waals surface area (Å²) in [5.41, 5.74) is -2.97. The van der Waals surface area contributed by atoms with Gasteiger partial charge in [0.2, 0.25) is 0 Å². The molecule has 0 unspecified atom stereocenters. The number of aliphatic carboxylic acids is 3. The molecular weight excluding hydrogens is 510 g/mol. The predicted molar refractivity (Wildman–Crippen MR) is 35.0 cm³/mol. The van der Waals surface area contributed by atoms with Gasteiger partial charge in [0, 0.05) is 24.8 Å². The van der Waals surface area contributed by atoms with E-state index in [1.165, 1.54) is 0 Å². The molecule has 2 radical (unpaired) electrons. The smallest absolute Gasteiger partial charge is 0.550 e. The Morgan fingerprint density at radius 3 is 1.24 bits per heavy atom. The molecule has 0 aliphatic heterocycles. The van der Waals surface area contributed by atoms with Crippen LogP contribution in [0.4, 0.5) is 0 Å². The van der Waals surface area contributed by atoms with Gasteiger partial charge in [0.1, 0.15) is 5.60 Å². The molecule has 0 rings (SSSR count). The average molecular weight is 515 g/mol. The van der Waals surface area contributed by atoms with Crippen LogP contribution in [0.15, 0.2) is 0 Å². The van der Waals surface area contributed by atoms with Crippen LogP contribution >= 0.6 is 0 Å². The maximum absolute atomic E-state index is 10.1. The largest absolute Gasteiger partial charge is 3.00 e. The molecule has 17 heavy (non-hydrogen) atoms. The second kappa shape index (κ2) is 16.5. The molecule has 0 amide bonds. The minimum atomic E-state index is -2.97. The molecule has 0 bridgehead atoms. The molecule has 0 aromatic carbocycles. The van der Waals surface area contributed by atoms with Crippen molar-refractivity contribution in [1.29, 1.82) is 0 Å². The molecule has 1 N–H and O–H groups in total. The van der Waals surface area contributed by atoms with Crippen LogP contribution in [0, 0.1) is 0 Å². The third kappa shape index (κ3) is 16.4. The summed E-state index contributed by atoms with van der Waals surface area (Å²) >= 11 is 0. The number of hydrogen-bond donors (Lipinski definition) is 1. The zero-order valence-electron chi connectivity index (χ0n) is 9.76. The third-order valence-corrected chi connectivity index (χ3v) is 1.25. The van der Waals surface area contributed by atoms with E-state index in [0.717, 1.165) is 0 Å². The summed E-state index contributed by atoms with van der Waals surface area (Å²) in [6.07, 6.45) is -2.72. The molecule has 0 saturated heterocycles. The van der Waals surface area contributed by atoms with Crippen molar-refractivity contribution in [3.8, 4) is 0 Å². The number of carbonyl (C=O) groups is 3. The van der Waals surface area contributed by atoms with Crippen LogP contribution in [0.25, 0.3) is 0 Å². The van der Waals surface area contributed by atoms with E-state index in [1.807, 2.05) is 0 Å². The quantitative estimate of drug-likeness (QED) is 0.359. The fraction of sp³-hybridized carbons (Fsp3) is 0.500. The van der Waals surface area contributed by atoms with E-state index in [2.05, 4.69) is 0 Å². The van der Waals surface area contributed by atoms with Gasteiger partial charge in [0.05, 0.1) is 5.97 Å². The Hall–Kier alpha value is 4.16. The Bertz CT molecular complexity index is 244. The van der Waals surface area contributed by atoms with Crippen LogP contribution in [0.1, 0.15) is 12.8 Å². The van der Waals surface area contributed by atoms with Gasteiger partial charge in [-0.2, -0.15) is 0 Å². The molecule has 0 aromatic rings. The summed E-state index contributed by atoms with van der Waals surface area (Å²) in [6.45, 7) is 0. The van der Waals surface area contributed by atoms with E-state index in [1.54, 1.807) is 0 Å². The summed E-state index contributed by atoms with van der Waals surface area (Å²) in [4.78, 5) is 30.0. The fourth-order valence-corrected chi connectivity index (χ4v) is 0.684. The molecule has 76 valence electrons. The van der Waals surface area contributed by atoms with Crippen molar-refractivity contribution in [2.75, 3.05) is 0 Å². The van der Waals surface area contributed by atoms with Crippen molar-refractivity contribution >= 4 is 44.1 Å². The fourth-order valence-electron chi connectivity index (χ4n) is 0.684. The van der Waals surface area contributed by atoms with Gasteiger partial charge in [0.25, 0.3) is 0 Å². The van der Waals surface area contributed by atoms with Gasteiger partial charge in [-0.25, -0.2) is 0 Å². The molecule has 0 heterocycles. The molecule has 0 saturated carbocycles. The topological polar surface area (TPSA) is 141 Å². The number of carboxylic acid groups (broad SMARTS) is 3. The van der Waals surface area contributed by atoms with Crippen LogP contribution in [0.5, 0.6) is 0 Å². The van der Waals surface area contributed by atoms with Gasteiger partial charge in [-0.05, 0) is 0 Å². The van der Waals surface area contributed by atoms with Crippen molar-refractivity contribution in [2.45, 2.75) is 18.4 Å². The number of carboxylic acids is 3. The van der Waals surface area contributed by atoms with Crippen molar-refractivity contribution in [3.63, 3.8) is 0 Å². The Morgan fingerprint density at radius 1 is 0.882 bits per heavy atom. The van der Waals surface area contributed by atoms with E-state index in [9.17, 15) is 29.7 Å². The van der Waals surface area contributed by atoms with Crippen molar-refractivity contribution in [3.05, 3.63) is 0 Å². The van der Waals surface area contributed by atoms with E-state index >= 15 is 0 Å². The maximum atomic E-state index is 10.1. The average Bonchev–Trinajstić information content (AvgIpc) is 1.82. The first kappa shape index (κ1) is 32.9. The molecule has 0 spiro atoms. The van der Waals surface area contributed by atoms with E-state index in [0.29, 0.717) is 0 Å².